The van der Waals surface area contributed by atoms with Crippen molar-refractivity contribution in [1.82, 2.24) is 4.90 Å². The molecule has 0 aliphatic rings. The summed E-state index contributed by atoms with van der Waals surface area (Å²) in [5, 5.41) is 9.27. The zero-order chi connectivity index (χ0) is 15.2. The van der Waals surface area contributed by atoms with Gasteiger partial charge in [0.2, 0.25) is 0 Å². The molecule has 106 valence electrons. The molecule has 0 radical (unpaired) electrons. The Bertz CT molecular complexity index is 505. The van der Waals surface area contributed by atoms with E-state index in [-0.39, 0.29) is 5.56 Å². The number of benzene rings is 1. The minimum absolute atomic E-state index is 0.0498. The third-order valence-electron chi connectivity index (χ3n) is 2.78. The lowest BCUT2D eigenvalue weighted by Crippen LogP contribution is -2.30. The van der Waals surface area contributed by atoms with Crippen LogP contribution in [0.4, 0.5) is 13.2 Å². The van der Waals surface area contributed by atoms with Crippen LogP contribution in [0.5, 0.6) is 0 Å². The summed E-state index contributed by atoms with van der Waals surface area (Å²) in [6.45, 7) is 7.72. The molecule has 1 aromatic rings. The molecule has 1 atom stereocenters. The molecule has 1 unspecified atom stereocenters. The zero-order valence-electron chi connectivity index (χ0n) is 10.9. The monoisotopic (exact) mass is 280 g/mol. The maximum atomic E-state index is 13.0. The standard InChI is InChI=1S/C15H15F3N2/c1-3-9-20(10-4-2)14(11-19)12-7-5-6-8-13(12)15(16,17)18/h3-8,14H,1-2,9-10H2. The molecule has 0 spiro atoms. The van der Waals surface area contributed by atoms with Crippen molar-refractivity contribution in [1.29, 1.82) is 5.26 Å². The fourth-order valence-electron chi connectivity index (χ4n) is 1.96. The van der Waals surface area contributed by atoms with Gasteiger partial charge in [0, 0.05) is 13.1 Å². The number of halogens is 3. The van der Waals surface area contributed by atoms with Crippen molar-refractivity contribution >= 4 is 0 Å². The lowest BCUT2D eigenvalue weighted by molar-refractivity contribution is -0.138. The van der Waals surface area contributed by atoms with Gasteiger partial charge in [-0.2, -0.15) is 18.4 Å². The minimum atomic E-state index is -4.49. The van der Waals surface area contributed by atoms with Crippen molar-refractivity contribution in [2.24, 2.45) is 0 Å². The highest BCUT2D eigenvalue weighted by atomic mass is 19.4. The second kappa shape index (κ2) is 6.92. The Hall–Kier alpha value is -2.06. The first-order valence-corrected chi connectivity index (χ1v) is 5.97. The Morgan fingerprint density at radius 1 is 1.20 bits per heavy atom. The van der Waals surface area contributed by atoms with Crippen LogP contribution in [0, 0.1) is 11.3 Å². The molecule has 0 fully saturated rings. The van der Waals surface area contributed by atoms with E-state index in [1.807, 2.05) is 6.07 Å². The second-order valence-electron chi connectivity index (χ2n) is 4.15. The maximum Gasteiger partial charge on any atom is 0.416 e. The van der Waals surface area contributed by atoms with Crippen molar-refractivity contribution < 1.29 is 13.2 Å². The highest BCUT2D eigenvalue weighted by Gasteiger charge is 2.36. The van der Waals surface area contributed by atoms with E-state index in [9.17, 15) is 18.4 Å². The normalized spacial score (nSPS) is 12.8. The molecule has 0 saturated carbocycles. The van der Waals surface area contributed by atoms with Crippen molar-refractivity contribution in [2.75, 3.05) is 13.1 Å². The van der Waals surface area contributed by atoms with E-state index >= 15 is 0 Å². The van der Waals surface area contributed by atoms with Gasteiger partial charge in [-0.3, -0.25) is 4.90 Å². The topological polar surface area (TPSA) is 27.0 Å². The lowest BCUT2D eigenvalue weighted by Gasteiger charge is -2.26. The van der Waals surface area contributed by atoms with Crippen LogP contribution in [0.1, 0.15) is 17.2 Å². The molecular weight excluding hydrogens is 265 g/mol. The number of nitrogens with zero attached hydrogens (tertiary/aromatic N) is 2. The average molecular weight is 280 g/mol. The molecule has 1 rings (SSSR count). The van der Waals surface area contributed by atoms with Crippen LogP contribution in [0.3, 0.4) is 0 Å². The smallest absolute Gasteiger partial charge is 0.277 e. The Kier molecular flexibility index (Phi) is 5.53. The van der Waals surface area contributed by atoms with Crippen LogP contribution in [0.25, 0.3) is 0 Å². The molecule has 0 aliphatic carbocycles. The largest absolute Gasteiger partial charge is 0.416 e. The van der Waals surface area contributed by atoms with Gasteiger partial charge in [-0.1, -0.05) is 30.4 Å². The molecule has 0 aromatic heterocycles. The molecule has 0 aliphatic heterocycles. The predicted octanol–water partition coefficient (Wildman–Crippen LogP) is 3.94. The highest BCUT2D eigenvalue weighted by Crippen LogP contribution is 2.36. The minimum Gasteiger partial charge on any atom is -0.277 e. The molecule has 2 nitrogen and oxygen atoms in total. The average Bonchev–Trinajstić information content (AvgIpc) is 2.39. The van der Waals surface area contributed by atoms with Crippen LogP contribution >= 0.6 is 0 Å². The van der Waals surface area contributed by atoms with Crippen LogP contribution < -0.4 is 0 Å². The van der Waals surface area contributed by atoms with E-state index in [4.69, 9.17) is 0 Å². The first-order chi connectivity index (χ1) is 9.45. The molecule has 0 saturated heterocycles. The van der Waals surface area contributed by atoms with Gasteiger partial charge in [0.05, 0.1) is 11.6 Å². The summed E-state index contributed by atoms with van der Waals surface area (Å²) in [6.07, 6.45) is -1.40. The van der Waals surface area contributed by atoms with Crippen LogP contribution in [0.2, 0.25) is 0 Å². The van der Waals surface area contributed by atoms with E-state index in [0.717, 1.165) is 6.07 Å². The Morgan fingerprint density at radius 2 is 1.75 bits per heavy atom. The van der Waals surface area contributed by atoms with Crippen molar-refractivity contribution in [3.63, 3.8) is 0 Å². The molecule has 20 heavy (non-hydrogen) atoms. The fraction of sp³-hybridized carbons (Fsp3) is 0.267. The van der Waals surface area contributed by atoms with E-state index in [1.165, 1.54) is 18.2 Å². The van der Waals surface area contributed by atoms with Gasteiger partial charge in [0.1, 0.15) is 6.04 Å². The Morgan fingerprint density at radius 3 is 2.20 bits per heavy atom. The highest BCUT2D eigenvalue weighted by molar-refractivity contribution is 5.35. The second-order valence-corrected chi connectivity index (χ2v) is 4.15. The van der Waals surface area contributed by atoms with Crippen LogP contribution in [0.15, 0.2) is 49.6 Å². The zero-order valence-corrected chi connectivity index (χ0v) is 10.9. The van der Waals surface area contributed by atoms with Crippen molar-refractivity contribution in [2.45, 2.75) is 12.2 Å². The number of rotatable bonds is 6. The SMILES string of the molecule is C=CCN(CC=C)C(C#N)c1ccccc1C(F)(F)F. The Balaban J connectivity index is 3.28. The summed E-state index contributed by atoms with van der Waals surface area (Å²) in [7, 11) is 0. The number of nitriles is 1. The lowest BCUT2D eigenvalue weighted by atomic mass is 9.99. The van der Waals surface area contributed by atoms with Gasteiger partial charge in [-0.05, 0) is 11.6 Å². The number of hydrogen-bond acceptors (Lipinski definition) is 2. The van der Waals surface area contributed by atoms with Gasteiger partial charge in [-0.15, -0.1) is 13.2 Å². The first-order valence-electron chi connectivity index (χ1n) is 5.97. The third-order valence-corrected chi connectivity index (χ3v) is 2.78. The number of alkyl halides is 3. The summed E-state index contributed by atoms with van der Waals surface area (Å²) in [5.41, 5.74) is -0.837. The van der Waals surface area contributed by atoms with Gasteiger partial charge in [-0.25, -0.2) is 0 Å². The van der Waals surface area contributed by atoms with Crippen molar-refractivity contribution in [3.8, 4) is 6.07 Å². The Labute approximate surface area is 116 Å². The van der Waals surface area contributed by atoms with E-state index in [1.54, 1.807) is 17.1 Å². The van der Waals surface area contributed by atoms with Gasteiger partial charge >= 0.3 is 6.18 Å². The summed E-state index contributed by atoms with van der Waals surface area (Å²) < 4.78 is 39.0. The van der Waals surface area contributed by atoms with Crippen LogP contribution in [-0.4, -0.2) is 18.0 Å². The quantitative estimate of drug-likeness (QED) is 0.738. The van der Waals surface area contributed by atoms with Gasteiger partial charge < -0.3 is 0 Å². The molecule has 0 bridgehead atoms. The summed E-state index contributed by atoms with van der Waals surface area (Å²) in [5.74, 6) is 0. The molecule has 0 N–H and O–H groups in total. The predicted molar refractivity (Wildman–Crippen MR) is 71.8 cm³/mol. The molecule has 5 heteroatoms. The summed E-state index contributed by atoms with van der Waals surface area (Å²) in [4.78, 5) is 1.57. The van der Waals surface area contributed by atoms with Gasteiger partial charge in [0.25, 0.3) is 0 Å². The van der Waals surface area contributed by atoms with E-state index in [2.05, 4.69) is 13.2 Å². The molecule has 0 amide bonds. The molecular formula is C15H15F3N2. The maximum absolute atomic E-state index is 13.0. The van der Waals surface area contributed by atoms with Crippen molar-refractivity contribution in [3.05, 3.63) is 60.7 Å². The third kappa shape index (κ3) is 3.72. The summed E-state index contributed by atoms with van der Waals surface area (Å²) >= 11 is 0. The van der Waals surface area contributed by atoms with Crippen LogP contribution in [-0.2, 0) is 6.18 Å². The summed E-state index contributed by atoms with van der Waals surface area (Å²) in [6, 6.07) is 6.06. The first kappa shape index (κ1) is 16.0. The van der Waals surface area contributed by atoms with E-state index < -0.39 is 17.8 Å². The van der Waals surface area contributed by atoms with E-state index in [0.29, 0.717) is 13.1 Å². The van der Waals surface area contributed by atoms with Gasteiger partial charge in [0.15, 0.2) is 0 Å². The molecule has 1 aromatic carbocycles. The molecule has 0 heterocycles. The number of hydrogen-bond donors (Lipinski definition) is 0. The fourth-order valence-corrected chi connectivity index (χ4v) is 1.96.